The van der Waals surface area contributed by atoms with Crippen LogP contribution >= 0.6 is 0 Å². The highest BCUT2D eigenvalue weighted by Gasteiger charge is 2.28. The van der Waals surface area contributed by atoms with Gasteiger partial charge in [-0.3, -0.25) is 14.0 Å². The van der Waals surface area contributed by atoms with Gasteiger partial charge in [0.1, 0.15) is 0 Å². The molecule has 0 radical (unpaired) electrons. The fourth-order valence-electron chi connectivity index (χ4n) is 4.62. The van der Waals surface area contributed by atoms with Crippen LogP contribution in [0.2, 0.25) is 0 Å². The largest absolute Gasteiger partial charge is 0.350 e. The van der Waals surface area contributed by atoms with Crippen LogP contribution in [0, 0.1) is 0 Å². The Morgan fingerprint density at radius 2 is 1.81 bits per heavy atom. The first-order valence-corrected chi connectivity index (χ1v) is 11.9. The Hall–Kier alpha value is -4.99. The van der Waals surface area contributed by atoms with E-state index >= 15 is 0 Å². The van der Waals surface area contributed by atoms with E-state index in [0.717, 1.165) is 22.5 Å². The lowest BCUT2D eigenvalue weighted by Crippen LogP contribution is -2.42. The molecule has 37 heavy (non-hydrogen) atoms. The van der Waals surface area contributed by atoms with E-state index in [2.05, 4.69) is 15.5 Å². The van der Waals surface area contributed by atoms with Gasteiger partial charge in [0.2, 0.25) is 0 Å². The molecule has 4 heterocycles. The standard InChI is InChI=1S/C27H23N7O3/c35-25(26(36)31-14-12-23-20(18-31)16-28-34(23)22-9-2-1-3-10-22)29-21-8-6-7-19(15-21)17-33-27(37)32-13-5-4-11-24(32)30-33/h1-11,13,15-16H,12,14,17-18H2,(H,29,35). The lowest BCUT2D eigenvalue weighted by atomic mass is 10.1. The number of benzene rings is 2. The quantitative estimate of drug-likeness (QED) is 0.387. The fourth-order valence-corrected chi connectivity index (χ4v) is 4.62. The molecule has 2 amide bonds. The molecule has 0 spiro atoms. The molecule has 0 aliphatic carbocycles. The predicted molar refractivity (Wildman–Crippen MR) is 136 cm³/mol. The SMILES string of the molecule is O=C(Nc1cccc(Cn2nc3ccccn3c2=O)c1)C(=O)N1CCc2c(cnn2-c2ccccc2)C1. The van der Waals surface area contributed by atoms with Crippen LogP contribution in [0.1, 0.15) is 16.8 Å². The second-order valence-electron chi connectivity index (χ2n) is 8.86. The maximum absolute atomic E-state index is 12.9. The number of amides is 2. The second kappa shape index (κ2) is 9.23. The van der Waals surface area contributed by atoms with Crippen LogP contribution < -0.4 is 11.0 Å². The van der Waals surface area contributed by atoms with Crippen LogP contribution in [0.15, 0.2) is 90.0 Å². The van der Waals surface area contributed by atoms with Gasteiger partial charge in [-0.15, -0.1) is 5.10 Å². The summed E-state index contributed by atoms with van der Waals surface area (Å²) in [5.41, 5.74) is 4.49. The van der Waals surface area contributed by atoms with Crippen molar-refractivity contribution in [3.8, 4) is 5.69 Å². The highest BCUT2D eigenvalue weighted by molar-refractivity contribution is 6.39. The molecule has 2 aromatic carbocycles. The first-order valence-electron chi connectivity index (χ1n) is 11.9. The number of aromatic nitrogens is 5. The molecule has 1 aliphatic heterocycles. The monoisotopic (exact) mass is 493 g/mol. The Morgan fingerprint density at radius 1 is 0.973 bits per heavy atom. The van der Waals surface area contributed by atoms with E-state index in [1.54, 1.807) is 42.7 Å². The van der Waals surface area contributed by atoms with Crippen LogP contribution in [-0.4, -0.2) is 47.2 Å². The molecule has 1 aliphatic rings. The highest BCUT2D eigenvalue weighted by atomic mass is 16.2. The third-order valence-electron chi connectivity index (χ3n) is 6.42. The summed E-state index contributed by atoms with van der Waals surface area (Å²) in [5, 5.41) is 11.5. The van der Waals surface area contributed by atoms with Gasteiger partial charge in [0.15, 0.2) is 5.65 Å². The fraction of sp³-hybridized carbons (Fsp3) is 0.148. The zero-order chi connectivity index (χ0) is 25.4. The summed E-state index contributed by atoms with van der Waals surface area (Å²) in [6, 6.07) is 22.2. The van der Waals surface area contributed by atoms with Gasteiger partial charge in [-0.2, -0.15) is 5.10 Å². The van der Waals surface area contributed by atoms with Crippen molar-refractivity contribution in [1.82, 2.24) is 28.9 Å². The average Bonchev–Trinajstić information content (AvgIpc) is 3.49. The van der Waals surface area contributed by atoms with E-state index in [1.807, 2.05) is 47.1 Å². The van der Waals surface area contributed by atoms with Gasteiger partial charge >= 0.3 is 17.5 Å². The minimum absolute atomic E-state index is 0.235. The van der Waals surface area contributed by atoms with E-state index in [1.165, 1.54) is 14.0 Å². The maximum Gasteiger partial charge on any atom is 0.350 e. The molecule has 184 valence electrons. The number of nitrogens with one attached hydrogen (secondary N) is 1. The Morgan fingerprint density at radius 3 is 2.65 bits per heavy atom. The van der Waals surface area contributed by atoms with E-state index in [-0.39, 0.29) is 12.2 Å². The van der Waals surface area contributed by atoms with Gasteiger partial charge in [0, 0.05) is 37.0 Å². The van der Waals surface area contributed by atoms with Gasteiger partial charge in [-0.05, 0) is 42.0 Å². The minimum atomic E-state index is -0.707. The first-order chi connectivity index (χ1) is 18.1. The molecular weight excluding hydrogens is 470 g/mol. The number of nitrogens with zero attached hydrogens (tertiary/aromatic N) is 6. The van der Waals surface area contributed by atoms with E-state index < -0.39 is 11.8 Å². The molecule has 0 fully saturated rings. The summed E-state index contributed by atoms with van der Waals surface area (Å²) in [6.45, 7) is 0.984. The molecule has 3 aromatic heterocycles. The first kappa shape index (κ1) is 22.5. The summed E-state index contributed by atoms with van der Waals surface area (Å²) in [5.74, 6) is -1.30. The van der Waals surface area contributed by atoms with Crippen molar-refractivity contribution in [2.24, 2.45) is 0 Å². The van der Waals surface area contributed by atoms with Gasteiger partial charge in [-0.1, -0.05) is 36.4 Å². The topological polar surface area (TPSA) is 107 Å². The lowest BCUT2D eigenvalue weighted by Gasteiger charge is -2.27. The van der Waals surface area contributed by atoms with Crippen molar-refractivity contribution in [3.05, 3.63) is 112 Å². The number of carbonyl (C=O) groups is 2. The van der Waals surface area contributed by atoms with E-state index in [4.69, 9.17) is 0 Å². The number of pyridine rings is 1. The number of carbonyl (C=O) groups excluding carboxylic acids is 2. The number of fused-ring (bicyclic) bond motifs is 2. The van der Waals surface area contributed by atoms with Crippen molar-refractivity contribution in [1.29, 1.82) is 0 Å². The van der Waals surface area contributed by atoms with Crippen LogP contribution in [0.4, 0.5) is 5.69 Å². The zero-order valence-corrected chi connectivity index (χ0v) is 19.8. The van der Waals surface area contributed by atoms with Gasteiger partial charge < -0.3 is 10.2 Å². The van der Waals surface area contributed by atoms with Crippen molar-refractivity contribution in [3.63, 3.8) is 0 Å². The smallest absolute Gasteiger partial charge is 0.330 e. The highest BCUT2D eigenvalue weighted by Crippen LogP contribution is 2.22. The molecule has 10 heteroatoms. The van der Waals surface area contributed by atoms with Crippen molar-refractivity contribution >= 4 is 23.1 Å². The molecule has 6 rings (SSSR count). The van der Waals surface area contributed by atoms with Crippen LogP contribution in [0.5, 0.6) is 0 Å². The Kier molecular flexibility index (Phi) is 5.61. The molecule has 0 atom stereocenters. The maximum atomic E-state index is 12.9. The number of anilines is 1. The molecule has 5 aromatic rings. The van der Waals surface area contributed by atoms with E-state index in [9.17, 15) is 14.4 Å². The van der Waals surface area contributed by atoms with E-state index in [0.29, 0.717) is 30.8 Å². The van der Waals surface area contributed by atoms with Crippen LogP contribution in [0.25, 0.3) is 11.3 Å². The van der Waals surface area contributed by atoms with Crippen LogP contribution in [0.3, 0.4) is 0 Å². The number of hydrogen-bond donors (Lipinski definition) is 1. The number of para-hydroxylation sites is 1. The molecule has 10 nitrogen and oxygen atoms in total. The van der Waals surface area contributed by atoms with Crippen molar-refractivity contribution in [2.45, 2.75) is 19.5 Å². The second-order valence-corrected chi connectivity index (χ2v) is 8.86. The molecule has 1 N–H and O–H groups in total. The average molecular weight is 494 g/mol. The summed E-state index contributed by atoms with van der Waals surface area (Å²) in [7, 11) is 0. The summed E-state index contributed by atoms with van der Waals surface area (Å²) < 4.78 is 4.72. The third kappa shape index (κ3) is 4.29. The van der Waals surface area contributed by atoms with Crippen molar-refractivity contribution in [2.75, 3.05) is 11.9 Å². The summed E-state index contributed by atoms with van der Waals surface area (Å²) >= 11 is 0. The summed E-state index contributed by atoms with van der Waals surface area (Å²) in [6.07, 6.45) is 4.02. The van der Waals surface area contributed by atoms with Crippen molar-refractivity contribution < 1.29 is 9.59 Å². The predicted octanol–water partition coefficient (Wildman–Crippen LogP) is 2.25. The Labute approximate surface area is 211 Å². The van der Waals surface area contributed by atoms with Gasteiger partial charge in [0.25, 0.3) is 0 Å². The Bertz CT molecular complexity index is 1680. The minimum Gasteiger partial charge on any atom is -0.330 e. The van der Waals surface area contributed by atoms with Gasteiger partial charge in [-0.25, -0.2) is 14.2 Å². The molecule has 0 unspecified atom stereocenters. The zero-order valence-electron chi connectivity index (χ0n) is 19.8. The molecule has 0 bridgehead atoms. The molecular formula is C27H23N7O3. The Balaban J connectivity index is 1.13. The third-order valence-corrected chi connectivity index (χ3v) is 6.42. The molecule has 0 saturated carbocycles. The lowest BCUT2D eigenvalue weighted by molar-refractivity contribution is -0.143. The normalized spacial score (nSPS) is 12.9. The number of hydrogen-bond acceptors (Lipinski definition) is 5. The van der Waals surface area contributed by atoms with Crippen LogP contribution in [-0.2, 0) is 29.1 Å². The summed E-state index contributed by atoms with van der Waals surface area (Å²) in [4.78, 5) is 39.8. The number of rotatable bonds is 4. The molecule has 0 saturated heterocycles. The van der Waals surface area contributed by atoms with Gasteiger partial charge in [0.05, 0.1) is 24.1 Å².